The molecule has 2 aromatic heterocycles. The Morgan fingerprint density at radius 3 is 1.82 bits per heavy atom. The Hall–Kier alpha value is -8.14. The van der Waals surface area contributed by atoms with Crippen molar-refractivity contribution < 1.29 is 8.83 Å². The lowest BCUT2D eigenvalue weighted by Crippen LogP contribution is -2.28. The Bertz CT molecular complexity index is 3650. The van der Waals surface area contributed by atoms with E-state index in [2.05, 4.69) is 217 Å². The number of rotatable bonds is 6. The van der Waals surface area contributed by atoms with E-state index in [1.807, 2.05) is 12.1 Å². The largest absolute Gasteiger partial charge is 0.456 e. The quantitative estimate of drug-likeness (QED) is 0.168. The first kappa shape index (κ1) is 34.7. The average Bonchev–Trinajstić information content (AvgIpc) is 4.01. The number of anilines is 3. The lowest BCUT2D eigenvalue weighted by atomic mass is 9.68. The van der Waals surface area contributed by atoms with Crippen LogP contribution in [0.15, 0.2) is 233 Å². The van der Waals surface area contributed by atoms with Gasteiger partial charge in [-0.25, -0.2) is 0 Å². The van der Waals surface area contributed by atoms with E-state index in [-0.39, 0.29) is 0 Å². The maximum Gasteiger partial charge on any atom is 0.143 e. The summed E-state index contributed by atoms with van der Waals surface area (Å²) < 4.78 is 13.0. The summed E-state index contributed by atoms with van der Waals surface area (Å²) in [5.74, 6) is 0. The molecule has 13 rings (SSSR count). The summed E-state index contributed by atoms with van der Waals surface area (Å²) in [7, 11) is 0. The molecule has 0 fully saturated rings. The number of fused-ring (bicyclic) bond motifs is 11. The molecule has 0 saturated carbocycles. The summed E-state index contributed by atoms with van der Waals surface area (Å²) in [6, 6.07) is 81.1. The van der Waals surface area contributed by atoms with E-state index >= 15 is 0 Å². The maximum atomic E-state index is 6.60. The molecule has 0 radical (unpaired) electrons. The second-order valence-corrected chi connectivity index (χ2v) is 16.3. The number of benzene rings is 10. The van der Waals surface area contributed by atoms with Crippen LogP contribution in [0.2, 0.25) is 0 Å². The third-order valence-electron chi connectivity index (χ3n) is 13.1. The molecule has 0 bridgehead atoms. The van der Waals surface area contributed by atoms with Crippen molar-refractivity contribution in [3.63, 3.8) is 0 Å². The molecule has 0 saturated heterocycles. The van der Waals surface area contributed by atoms with E-state index in [1.165, 1.54) is 38.8 Å². The number of hydrogen-bond acceptors (Lipinski definition) is 3. The minimum atomic E-state index is -0.526. The number of nitrogens with zero attached hydrogens (tertiary/aromatic N) is 1. The zero-order valence-electron chi connectivity index (χ0n) is 33.6. The predicted molar refractivity (Wildman–Crippen MR) is 256 cm³/mol. The molecular weight excluding hydrogens is 755 g/mol. The zero-order chi connectivity index (χ0) is 40.8. The second kappa shape index (κ2) is 13.4. The SMILES string of the molecule is c1ccc(C2(c3ccccc3)c3ccccc3-c3c(N(c4ccc(-c5cccc6oc7c8ccccc8ccc7c56)cc4)c4ccc5oc6ccccc6c5c4)cccc32)cc1. The fourth-order valence-corrected chi connectivity index (χ4v) is 10.5. The minimum absolute atomic E-state index is 0.526. The molecular formula is C59H37NO2. The van der Waals surface area contributed by atoms with Crippen molar-refractivity contribution in [3.05, 3.63) is 247 Å². The van der Waals surface area contributed by atoms with Crippen LogP contribution in [0.25, 0.3) is 76.9 Å². The van der Waals surface area contributed by atoms with E-state index in [4.69, 9.17) is 8.83 Å². The molecule has 3 nitrogen and oxygen atoms in total. The van der Waals surface area contributed by atoms with Crippen LogP contribution in [-0.4, -0.2) is 0 Å². The van der Waals surface area contributed by atoms with E-state index < -0.39 is 5.41 Å². The first-order valence-corrected chi connectivity index (χ1v) is 21.2. The average molecular weight is 792 g/mol. The molecule has 12 aromatic rings. The molecule has 10 aromatic carbocycles. The molecule has 3 heteroatoms. The number of hydrogen-bond donors (Lipinski definition) is 0. The standard InChI is InChI=1S/C59H37NO2/c1-3-16-40(17-4-1)59(41-18-5-2-6-19-41)50-24-11-9-22-47(50)57-51(59)25-14-26-52(57)60(43-34-36-54-49(37-43)46-21-10-12-27-53(46)61-54)42-32-29-39(30-33-42)44-23-13-28-55-56(44)48-35-31-38-15-7-8-20-45(38)58(48)62-55/h1-37H. The van der Waals surface area contributed by atoms with Crippen LogP contribution in [0, 0.1) is 0 Å². The van der Waals surface area contributed by atoms with Crippen molar-refractivity contribution in [1.29, 1.82) is 0 Å². The van der Waals surface area contributed by atoms with Gasteiger partial charge in [0.2, 0.25) is 0 Å². The van der Waals surface area contributed by atoms with Gasteiger partial charge in [0.05, 0.1) is 11.1 Å². The van der Waals surface area contributed by atoms with E-state index in [9.17, 15) is 0 Å². The van der Waals surface area contributed by atoms with Crippen molar-refractivity contribution in [3.8, 4) is 22.3 Å². The van der Waals surface area contributed by atoms with Gasteiger partial charge in [-0.15, -0.1) is 0 Å². The van der Waals surface area contributed by atoms with E-state index in [0.29, 0.717) is 0 Å². The Kier molecular flexibility index (Phi) is 7.52. The van der Waals surface area contributed by atoms with Crippen LogP contribution >= 0.6 is 0 Å². The Morgan fingerprint density at radius 1 is 0.371 bits per heavy atom. The molecule has 0 aliphatic heterocycles. The highest BCUT2D eigenvalue weighted by Gasteiger charge is 2.47. The molecule has 0 unspecified atom stereocenters. The molecule has 2 heterocycles. The summed E-state index contributed by atoms with van der Waals surface area (Å²) in [4.78, 5) is 2.44. The van der Waals surface area contributed by atoms with Gasteiger partial charge in [0, 0.05) is 43.9 Å². The molecule has 1 aliphatic carbocycles. The Labute approximate surface area is 358 Å². The van der Waals surface area contributed by atoms with Gasteiger partial charge in [0.15, 0.2) is 0 Å². The highest BCUT2D eigenvalue weighted by atomic mass is 16.3. The molecule has 1 aliphatic rings. The second-order valence-electron chi connectivity index (χ2n) is 16.3. The molecule has 0 amide bonds. The lowest BCUT2D eigenvalue weighted by molar-refractivity contribution is 0.669. The topological polar surface area (TPSA) is 29.5 Å². The summed E-state index contributed by atoms with van der Waals surface area (Å²) >= 11 is 0. The first-order chi connectivity index (χ1) is 30.8. The van der Waals surface area contributed by atoms with Crippen LogP contribution in [0.5, 0.6) is 0 Å². The van der Waals surface area contributed by atoms with Gasteiger partial charge >= 0.3 is 0 Å². The molecule has 0 spiro atoms. The van der Waals surface area contributed by atoms with Crippen LogP contribution < -0.4 is 4.90 Å². The third kappa shape index (κ3) is 4.94. The molecule has 62 heavy (non-hydrogen) atoms. The predicted octanol–water partition coefficient (Wildman–Crippen LogP) is 16.1. The van der Waals surface area contributed by atoms with Crippen LogP contribution in [0.4, 0.5) is 17.1 Å². The summed E-state index contributed by atoms with van der Waals surface area (Å²) in [5, 5.41) is 6.74. The first-order valence-electron chi connectivity index (χ1n) is 21.2. The molecule has 0 atom stereocenters. The minimum Gasteiger partial charge on any atom is -0.456 e. The van der Waals surface area contributed by atoms with Gasteiger partial charge in [-0.05, 0) is 98.9 Å². The smallest absolute Gasteiger partial charge is 0.143 e. The van der Waals surface area contributed by atoms with Gasteiger partial charge in [-0.2, -0.15) is 0 Å². The van der Waals surface area contributed by atoms with Gasteiger partial charge in [-0.3, -0.25) is 0 Å². The summed E-state index contributed by atoms with van der Waals surface area (Å²) in [5.41, 5.74) is 16.0. The zero-order valence-corrected chi connectivity index (χ0v) is 33.6. The normalized spacial score (nSPS) is 13.0. The van der Waals surface area contributed by atoms with Gasteiger partial charge in [0.25, 0.3) is 0 Å². The van der Waals surface area contributed by atoms with Gasteiger partial charge in [-0.1, -0.05) is 170 Å². The fourth-order valence-electron chi connectivity index (χ4n) is 10.5. The van der Waals surface area contributed by atoms with Gasteiger partial charge < -0.3 is 13.7 Å². The van der Waals surface area contributed by atoms with Crippen LogP contribution in [0.3, 0.4) is 0 Å². The van der Waals surface area contributed by atoms with Crippen molar-refractivity contribution in [2.45, 2.75) is 5.41 Å². The lowest BCUT2D eigenvalue weighted by Gasteiger charge is -2.34. The van der Waals surface area contributed by atoms with E-state index in [0.717, 1.165) is 77.5 Å². The Balaban J connectivity index is 1.05. The van der Waals surface area contributed by atoms with Crippen molar-refractivity contribution in [2.24, 2.45) is 0 Å². The Morgan fingerprint density at radius 2 is 1.00 bits per heavy atom. The van der Waals surface area contributed by atoms with E-state index in [1.54, 1.807) is 0 Å². The fraction of sp³-hybridized carbons (Fsp3) is 0.0169. The van der Waals surface area contributed by atoms with Crippen molar-refractivity contribution >= 4 is 71.7 Å². The molecule has 0 N–H and O–H groups in total. The highest BCUT2D eigenvalue weighted by Crippen LogP contribution is 2.59. The number of para-hydroxylation sites is 1. The number of furan rings is 2. The van der Waals surface area contributed by atoms with Crippen LogP contribution in [-0.2, 0) is 5.41 Å². The van der Waals surface area contributed by atoms with Crippen molar-refractivity contribution in [1.82, 2.24) is 0 Å². The summed E-state index contributed by atoms with van der Waals surface area (Å²) in [6.45, 7) is 0. The monoisotopic (exact) mass is 791 g/mol. The third-order valence-corrected chi connectivity index (χ3v) is 13.1. The highest BCUT2D eigenvalue weighted by molar-refractivity contribution is 6.19. The van der Waals surface area contributed by atoms with Gasteiger partial charge in [0.1, 0.15) is 22.3 Å². The van der Waals surface area contributed by atoms with Crippen LogP contribution in [0.1, 0.15) is 22.3 Å². The maximum absolute atomic E-state index is 6.60. The molecule has 290 valence electrons. The van der Waals surface area contributed by atoms with Crippen molar-refractivity contribution in [2.75, 3.05) is 4.90 Å². The summed E-state index contributed by atoms with van der Waals surface area (Å²) in [6.07, 6.45) is 0.